The summed E-state index contributed by atoms with van der Waals surface area (Å²) >= 11 is 0. The van der Waals surface area contributed by atoms with Crippen LogP contribution in [0.15, 0.2) is 0 Å². The van der Waals surface area contributed by atoms with E-state index in [0.29, 0.717) is 6.54 Å². The smallest absolute Gasteiger partial charge is 0.549 e. The van der Waals surface area contributed by atoms with Crippen LogP contribution in [-0.2, 0) is 9.59 Å². The number of hydrogen-bond donors (Lipinski definition) is 0. The van der Waals surface area contributed by atoms with Crippen LogP contribution in [0.4, 0.5) is 0 Å². The topological polar surface area (TPSA) is 83.5 Å². The average molecular weight is 289 g/mol. The van der Waals surface area contributed by atoms with Crippen LogP contribution in [0, 0.1) is 0 Å². The third-order valence-corrected chi connectivity index (χ3v) is 2.53. The van der Waals surface area contributed by atoms with Crippen molar-refractivity contribution in [2.24, 2.45) is 0 Å². The second kappa shape index (κ2) is 17.0. The maximum Gasteiger partial charge on any atom is 1.00 e. The van der Waals surface area contributed by atoms with Gasteiger partial charge in [0.25, 0.3) is 0 Å². The van der Waals surface area contributed by atoms with E-state index < -0.39 is 11.9 Å². The van der Waals surface area contributed by atoms with Gasteiger partial charge < -0.3 is 19.8 Å². The molecule has 0 heterocycles. The van der Waals surface area contributed by atoms with Gasteiger partial charge >= 0.3 is 59.1 Å². The van der Waals surface area contributed by atoms with Crippen molar-refractivity contribution in [1.29, 1.82) is 0 Å². The van der Waals surface area contributed by atoms with Crippen LogP contribution in [0.25, 0.3) is 0 Å². The van der Waals surface area contributed by atoms with Crippen LogP contribution >= 0.6 is 0 Å². The van der Waals surface area contributed by atoms with Gasteiger partial charge in [0.05, 0.1) is 11.9 Å². The number of nitrogens with zero attached hydrogens (tertiary/aromatic N) is 1. The molecule has 0 N–H and O–H groups in total. The zero-order valence-corrected chi connectivity index (χ0v) is 16.4. The largest absolute Gasteiger partial charge is 1.00 e. The second-order valence-electron chi connectivity index (χ2n) is 4.22. The van der Waals surface area contributed by atoms with Crippen molar-refractivity contribution in [2.75, 3.05) is 19.6 Å². The van der Waals surface area contributed by atoms with Crippen molar-refractivity contribution < 1.29 is 78.9 Å². The number of carboxylic acids is 2. The van der Waals surface area contributed by atoms with Gasteiger partial charge in [-0.05, 0) is 13.0 Å². The Bertz CT molecular complexity index is 224. The normalized spacial score (nSPS) is 9.58. The molecule has 0 fully saturated rings. The predicted molar refractivity (Wildman–Crippen MR) is 59.8 cm³/mol. The molecular formula is C12H21NNa2O4. The molecule has 0 rings (SSSR count). The fourth-order valence-electron chi connectivity index (χ4n) is 1.69. The van der Waals surface area contributed by atoms with E-state index >= 15 is 0 Å². The van der Waals surface area contributed by atoms with E-state index in [0.717, 1.165) is 19.3 Å². The van der Waals surface area contributed by atoms with E-state index in [1.807, 2.05) is 0 Å². The molecular weight excluding hydrogens is 268 g/mol. The van der Waals surface area contributed by atoms with Crippen molar-refractivity contribution in [1.82, 2.24) is 4.90 Å². The molecule has 0 saturated carbocycles. The van der Waals surface area contributed by atoms with Crippen LogP contribution < -0.4 is 69.3 Å². The van der Waals surface area contributed by atoms with Gasteiger partial charge in [0.1, 0.15) is 0 Å². The predicted octanol–water partition coefficient (Wildman–Crippen LogP) is -6.84. The molecule has 0 aromatic rings. The Morgan fingerprint density at radius 1 is 0.842 bits per heavy atom. The monoisotopic (exact) mass is 289 g/mol. The summed E-state index contributed by atoms with van der Waals surface area (Å²) in [4.78, 5) is 22.1. The van der Waals surface area contributed by atoms with Gasteiger partial charge in [-0.3, -0.25) is 4.90 Å². The van der Waals surface area contributed by atoms with Gasteiger partial charge in [-0.25, -0.2) is 0 Å². The molecule has 0 radical (unpaired) electrons. The first-order chi connectivity index (χ1) is 8.06. The Balaban J connectivity index is -0.00000128. The van der Waals surface area contributed by atoms with E-state index in [1.54, 1.807) is 0 Å². The number of hydrogen-bond acceptors (Lipinski definition) is 5. The van der Waals surface area contributed by atoms with Gasteiger partial charge in [0, 0.05) is 13.1 Å². The summed E-state index contributed by atoms with van der Waals surface area (Å²) in [5, 5.41) is 20.8. The first-order valence-corrected chi connectivity index (χ1v) is 6.18. The molecule has 19 heavy (non-hydrogen) atoms. The summed E-state index contributed by atoms with van der Waals surface area (Å²) in [5.74, 6) is -2.51. The van der Waals surface area contributed by atoms with Crippen LogP contribution in [0.5, 0.6) is 0 Å². The van der Waals surface area contributed by atoms with Crippen LogP contribution in [0.1, 0.15) is 45.4 Å². The minimum Gasteiger partial charge on any atom is -0.549 e. The number of carbonyl (C=O) groups excluding carboxylic acids is 2. The molecule has 0 aliphatic heterocycles. The summed E-state index contributed by atoms with van der Waals surface area (Å²) in [6, 6.07) is 0. The quantitative estimate of drug-likeness (QED) is 0.279. The van der Waals surface area contributed by atoms with Gasteiger partial charge in [-0.2, -0.15) is 0 Å². The van der Waals surface area contributed by atoms with E-state index in [4.69, 9.17) is 0 Å². The third kappa shape index (κ3) is 18.9. The minimum absolute atomic E-state index is 0. The third-order valence-electron chi connectivity index (χ3n) is 2.53. The number of aliphatic carboxylic acids is 2. The van der Waals surface area contributed by atoms with E-state index in [-0.39, 0.29) is 72.2 Å². The molecule has 0 aliphatic carbocycles. The Morgan fingerprint density at radius 3 is 1.68 bits per heavy atom. The SMILES string of the molecule is CCCCCCCCN(CC(=O)[O-])CC(=O)[O-].[Na+].[Na+]. The molecule has 0 amide bonds. The molecule has 5 nitrogen and oxygen atoms in total. The average Bonchev–Trinajstić information content (AvgIpc) is 2.21. The van der Waals surface area contributed by atoms with Crippen molar-refractivity contribution >= 4 is 11.9 Å². The second-order valence-corrected chi connectivity index (χ2v) is 4.22. The Hall–Kier alpha value is 0.900. The van der Waals surface area contributed by atoms with E-state index in [9.17, 15) is 19.8 Å². The minimum atomic E-state index is -1.25. The number of rotatable bonds is 11. The van der Waals surface area contributed by atoms with Crippen molar-refractivity contribution in [2.45, 2.75) is 45.4 Å². The fraction of sp³-hybridized carbons (Fsp3) is 0.833. The molecule has 7 heteroatoms. The maximum absolute atomic E-state index is 10.4. The van der Waals surface area contributed by atoms with E-state index in [1.165, 1.54) is 24.2 Å². The summed E-state index contributed by atoms with van der Waals surface area (Å²) < 4.78 is 0. The van der Waals surface area contributed by atoms with Gasteiger partial charge in [0.2, 0.25) is 0 Å². The van der Waals surface area contributed by atoms with Crippen LogP contribution in [-0.4, -0.2) is 36.5 Å². The standard InChI is InChI=1S/C12H23NO4.2Na/c1-2-3-4-5-6-7-8-13(9-11(14)15)10-12(16)17;;/h2-10H2,1H3,(H,14,15)(H,16,17);;/q;2*+1/p-2. The Kier molecular flexibility index (Phi) is 22.2. The summed E-state index contributed by atoms with van der Waals surface area (Å²) in [6.45, 7) is 1.92. The summed E-state index contributed by atoms with van der Waals surface area (Å²) in [6.07, 6.45) is 6.49. The first-order valence-electron chi connectivity index (χ1n) is 6.18. The number of unbranched alkanes of at least 4 members (excludes halogenated alkanes) is 5. The van der Waals surface area contributed by atoms with Gasteiger partial charge in [-0.15, -0.1) is 0 Å². The molecule has 0 saturated heterocycles. The Labute approximate surface area is 159 Å². The molecule has 0 unspecified atom stereocenters. The maximum atomic E-state index is 10.4. The number of carbonyl (C=O) groups is 2. The molecule has 0 atom stereocenters. The Morgan fingerprint density at radius 2 is 1.26 bits per heavy atom. The molecule has 0 spiro atoms. The van der Waals surface area contributed by atoms with Crippen LogP contribution in [0.2, 0.25) is 0 Å². The molecule has 0 aliphatic rings. The molecule has 0 aromatic heterocycles. The van der Waals surface area contributed by atoms with Crippen molar-refractivity contribution in [3.8, 4) is 0 Å². The summed E-state index contributed by atoms with van der Waals surface area (Å²) in [5.41, 5.74) is 0. The van der Waals surface area contributed by atoms with Crippen molar-refractivity contribution in [3.05, 3.63) is 0 Å². The summed E-state index contributed by atoms with van der Waals surface area (Å²) in [7, 11) is 0. The first kappa shape index (κ1) is 24.9. The van der Waals surface area contributed by atoms with E-state index in [2.05, 4.69) is 6.92 Å². The zero-order chi connectivity index (χ0) is 13.1. The van der Waals surface area contributed by atoms with Crippen LogP contribution in [0.3, 0.4) is 0 Å². The van der Waals surface area contributed by atoms with Gasteiger partial charge in [-0.1, -0.05) is 39.0 Å². The zero-order valence-electron chi connectivity index (χ0n) is 12.4. The fourth-order valence-corrected chi connectivity index (χ4v) is 1.69. The molecule has 0 bridgehead atoms. The van der Waals surface area contributed by atoms with Crippen molar-refractivity contribution in [3.63, 3.8) is 0 Å². The molecule has 100 valence electrons. The number of carboxylic acid groups (broad SMARTS) is 2. The molecule has 0 aromatic carbocycles. The van der Waals surface area contributed by atoms with Gasteiger partial charge in [0.15, 0.2) is 0 Å².